The Balaban J connectivity index is 4.39. The van der Waals surface area contributed by atoms with Gasteiger partial charge in [0.15, 0.2) is 0 Å². The van der Waals surface area contributed by atoms with Crippen molar-refractivity contribution < 1.29 is 10.2 Å². The summed E-state index contributed by atoms with van der Waals surface area (Å²) in [5, 5.41) is 18.3. The minimum absolute atomic E-state index is 0.00964. The number of aliphatic hydroxyl groups excluding tert-OH is 2. The Labute approximate surface area is 74.2 Å². The molecule has 0 saturated heterocycles. The molecule has 0 aliphatic rings. The molecular formula is C10H18O2. The second-order valence-electron chi connectivity index (χ2n) is 3.64. The topological polar surface area (TPSA) is 40.5 Å². The van der Waals surface area contributed by atoms with Crippen LogP contribution in [0, 0.1) is 5.41 Å². The predicted octanol–water partition coefficient (Wildman–Crippen LogP) is 1.50. The first-order chi connectivity index (χ1) is 5.44. The van der Waals surface area contributed by atoms with Crippen molar-refractivity contribution in [1.29, 1.82) is 0 Å². The van der Waals surface area contributed by atoms with Gasteiger partial charge in [-0.05, 0) is 12.5 Å². The maximum absolute atomic E-state index is 9.62. The first kappa shape index (κ1) is 11.4. The smallest absolute Gasteiger partial charge is 0.0809 e. The molecule has 12 heavy (non-hydrogen) atoms. The van der Waals surface area contributed by atoms with Crippen LogP contribution in [0.25, 0.3) is 0 Å². The van der Waals surface area contributed by atoms with Crippen molar-refractivity contribution in [2.24, 2.45) is 5.41 Å². The van der Waals surface area contributed by atoms with E-state index in [0.29, 0.717) is 0 Å². The van der Waals surface area contributed by atoms with Crippen LogP contribution in [0.15, 0.2) is 24.3 Å². The second-order valence-corrected chi connectivity index (χ2v) is 3.64. The van der Waals surface area contributed by atoms with Gasteiger partial charge in [-0.3, -0.25) is 0 Å². The van der Waals surface area contributed by atoms with Crippen LogP contribution >= 0.6 is 0 Å². The summed E-state index contributed by atoms with van der Waals surface area (Å²) < 4.78 is 0. The standard InChI is InChI=1S/C10H18O2/c1-5-10(3,4)9(12)6-8(2)7-11/h5-6,9,11-12H,1,7H2,2-4H3/b8-6+/t9-/m0/s1. The highest BCUT2D eigenvalue weighted by atomic mass is 16.3. The third-order valence-corrected chi connectivity index (χ3v) is 1.98. The normalized spacial score (nSPS) is 15.9. The fourth-order valence-electron chi connectivity index (χ4n) is 0.658. The van der Waals surface area contributed by atoms with Crippen LogP contribution in [0.5, 0.6) is 0 Å². The van der Waals surface area contributed by atoms with Gasteiger partial charge in [0.25, 0.3) is 0 Å². The van der Waals surface area contributed by atoms with E-state index in [9.17, 15) is 5.11 Å². The van der Waals surface area contributed by atoms with Crippen LogP contribution in [0.2, 0.25) is 0 Å². The molecule has 2 nitrogen and oxygen atoms in total. The fourth-order valence-corrected chi connectivity index (χ4v) is 0.658. The summed E-state index contributed by atoms with van der Waals surface area (Å²) in [5.74, 6) is 0. The van der Waals surface area contributed by atoms with Crippen molar-refractivity contribution in [3.8, 4) is 0 Å². The molecule has 1 atom stereocenters. The van der Waals surface area contributed by atoms with Crippen LogP contribution < -0.4 is 0 Å². The number of aliphatic hydroxyl groups is 2. The third-order valence-electron chi connectivity index (χ3n) is 1.98. The van der Waals surface area contributed by atoms with Gasteiger partial charge >= 0.3 is 0 Å². The molecule has 0 fully saturated rings. The maximum atomic E-state index is 9.62. The Morgan fingerprint density at radius 2 is 2.08 bits per heavy atom. The summed E-state index contributed by atoms with van der Waals surface area (Å²) in [6, 6.07) is 0. The van der Waals surface area contributed by atoms with Crippen molar-refractivity contribution in [2.45, 2.75) is 26.9 Å². The minimum Gasteiger partial charge on any atom is -0.392 e. The molecule has 70 valence electrons. The fraction of sp³-hybridized carbons (Fsp3) is 0.600. The van der Waals surface area contributed by atoms with E-state index in [0.717, 1.165) is 5.57 Å². The molecule has 0 aromatic rings. The van der Waals surface area contributed by atoms with Gasteiger partial charge in [0.05, 0.1) is 12.7 Å². The van der Waals surface area contributed by atoms with Crippen LogP contribution in [-0.2, 0) is 0 Å². The molecule has 0 rings (SSSR count). The molecule has 0 saturated carbocycles. The average molecular weight is 170 g/mol. The summed E-state index contributed by atoms with van der Waals surface area (Å²) in [6.45, 7) is 9.19. The SMILES string of the molecule is C=CC(C)(C)[C@@H](O)/C=C(\C)CO. The molecule has 2 heteroatoms. The molecule has 0 heterocycles. The van der Waals surface area contributed by atoms with Gasteiger partial charge in [0.2, 0.25) is 0 Å². The van der Waals surface area contributed by atoms with E-state index in [-0.39, 0.29) is 12.0 Å². The molecule has 0 amide bonds. The lowest BCUT2D eigenvalue weighted by atomic mass is 9.86. The van der Waals surface area contributed by atoms with E-state index >= 15 is 0 Å². The Morgan fingerprint density at radius 3 is 2.42 bits per heavy atom. The molecule has 0 aliphatic carbocycles. The Morgan fingerprint density at radius 1 is 1.58 bits per heavy atom. The zero-order valence-electron chi connectivity index (χ0n) is 8.04. The molecule has 0 bridgehead atoms. The highest BCUT2D eigenvalue weighted by Gasteiger charge is 2.21. The van der Waals surface area contributed by atoms with Crippen LogP contribution in [-0.4, -0.2) is 22.9 Å². The number of rotatable bonds is 4. The first-order valence-electron chi connectivity index (χ1n) is 4.04. The molecule has 0 spiro atoms. The Kier molecular flexibility index (Phi) is 4.21. The molecule has 0 aliphatic heterocycles. The van der Waals surface area contributed by atoms with Crippen molar-refractivity contribution in [3.63, 3.8) is 0 Å². The molecule has 2 N–H and O–H groups in total. The van der Waals surface area contributed by atoms with Crippen molar-refractivity contribution in [2.75, 3.05) is 6.61 Å². The van der Waals surface area contributed by atoms with Gasteiger partial charge in [0, 0.05) is 5.41 Å². The summed E-state index contributed by atoms with van der Waals surface area (Å²) in [4.78, 5) is 0. The minimum atomic E-state index is -0.581. The lowest BCUT2D eigenvalue weighted by molar-refractivity contribution is 0.124. The zero-order valence-corrected chi connectivity index (χ0v) is 8.04. The lowest BCUT2D eigenvalue weighted by Crippen LogP contribution is -2.25. The van der Waals surface area contributed by atoms with Gasteiger partial charge in [-0.2, -0.15) is 0 Å². The van der Waals surface area contributed by atoms with Gasteiger partial charge in [0.1, 0.15) is 0 Å². The third kappa shape index (κ3) is 3.20. The number of hydrogen-bond acceptors (Lipinski definition) is 2. The molecule has 0 radical (unpaired) electrons. The van der Waals surface area contributed by atoms with E-state index in [1.54, 1.807) is 19.1 Å². The van der Waals surface area contributed by atoms with Gasteiger partial charge in [-0.15, -0.1) is 6.58 Å². The van der Waals surface area contributed by atoms with E-state index < -0.39 is 6.10 Å². The zero-order chi connectivity index (χ0) is 9.78. The van der Waals surface area contributed by atoms with E-state index in [2.05, 4.69) is 6.58 Å². The van der Waals surface area contributed by atoms with Gasteiger partial charge in [-0.25, -0.2) is 0 Å². The van der Waals surface area contributed by atoms with E-state index in [4.69, 9.17) is 5.11 Å². The van der Waals surface area contributed by atoms with Crippen molar-refractivity contribution in [1.82, 2.24) is 0 Å². The molecule has 0 unspecified atom stereocenters. The predicted molar refractivity (Wildman–Crippen MR) is 50.8 cm³/mol. The van der Waals surface area contributed by atoms with Gasteiger partial charge < -0.3 is 10.2 Å². The van der Waals surface area contributed by atoms with Crippen molar-refractivity contribution >= 4 is 0 Å². The molecular weight excluding hydrogens is 152 g/mol. The largest absolute Gasteiger partial charge is 0.392 e. The van der Waals surface area contributed by atoms with E-state index in [1.165, 1.54) is 0 Å². The summed E-state index contributed by atoms with van der Waals surface area (Å²) >= 11 is 0. The first-order valence-corrected chi connectivity index (χ1v) is 4.04. The Bertz CT molecular complexity index is 180. The maximum Gasteiger partial charge on any atom is 0.0809 e. The van der Waals surface area contributed by atoms with Crippen molar-refractivity contribution in [3.05, 3.63) is 24.3 Å². The van der Waals surface area contributed by atoms with Gasteiger partial charge in [-0.1, -0.05) is 26.0 Å². The van der Waals surface area contributed by atoms with Crippen LogP contribution in [0.4, 0.5) is 0 Å². The summed E-state index contributed by atoms with van der Waals surface area (Å²) in [6.07, 6.45) is 2.78. The highest BCUT2D eigenvalue weighted by molar-refractivity contribution is 5.08. The van der Waals surface area contributed by atoms with Crippen LogP contribution in [0.1, 0.15) is 20.8 Å². The highest BCUT2D eigenvalue weighted by Crippen LogP contribution is 2.23. The molecule has 0 aromatic carbocycles. The monoisotopic (exact) mass is 170 g/mol. The lowest BCUT2D eigenvalue weighted by Gasteiger charge is -2.24. The quantitative estimate of drug-likeness (QED) is 0.628. The second kappa shape index (κ2) is 4.43. The Hall–Kier alpha value is -0.600. The number of hydrogen-bond donors (Lipinski definition) is 2. The van der Waals surface area contributed by atoms with E-state index in [1.807, 2.05) is 13.8 Å². The average Bonchev–Trinajstić information content (AvgIpc) is 2.04. The summed E-state index contributed by atoms with van der Waals surface area (Å²) in [5.41, 5.74) is 0.439. The molecule has 0 aromatic heterocycles. The van der Waals surface area contributed by atoms with Crippen LogP contribution in [0.3, 0.4) is 0 Å². The summed E-state index contributed by atoms with van der Waals surface area (Å²) in [7, 11) is 0.